The molecule has 0 amide bonds. The molecule has 0 fully saturated rings. The molecule has 0 spiro atoms. The van der Waals surface area contributed by atoms with Crippen LogP contribution in [0.5, 0.6) is 0 Å². The van der Waals surface area contributed by atoms with Gasteiger partial charge in [0.15, 0.2) is 46.5 Å². The molecule has 0 aromatic heterocycles. The monoisotopic (exact) mass is 698 g/mol. The van der Waals surface area contributed by atoms with E-state index in [4.69, 9.17) is 5.73 Å². The van der Waals surface area contributed by atoms with Gasteiger partial charge in [-0.1, -0.05) is 30.4 Å². The zero-order chi connectivity index (χ0) is 36.8. The normalized spacial score (nSPS) is 17.5. The first kappa shape index (κ1) is 33.0. The molecule has 2 unspecified atom stereocenters. The standard InChI is InChI=1S/C38H15F9N4/c1-13-30(39)32(41)27(33(42)31(13)40)14-2-4-17-19-9-24-20(8-23(19)26(21(17)6-14)16(10-48)11-49)18-5-3-15(7-22(18)29(24)25(51)12-50)28-34(43)36(45)38(47)37(46)35(28)44/h2-9,18,22H,51H2,1H3/b29-25-. The van der Waals surface area contributed by atoms with E-state index in [2.05, 4.69) is 0 Å². The Balaban J connectivity index is 1.45. The fraction of sp³-hybridized carbons (Fsp3) is 0.0789. The van der Waals surface area contributed by atoms with Crippen LogP contribution in [0.1, 0.15) is 39.3 Å². The van der Waals surface area contributed by atoms with E-state index in [0.717, 1.165) is 13.0 Å². The molecule has 4 aromatic carbocycles. The number of nitrogens with zero attached hydrogens (tertiary/aromatic N) is 3. The van der Waals surface area contributed by atoms with Crippen molar-refractivity contribution in [2.45, 2.75) is 12.8 Å². The molecule has 7 rings (SSSR count). The number of benzene rings is 4. The summed E-state index contributed by atoms with van der Waals surface area (Å²) in [5.41, 5.74) is 3.67. The average molecular weight is 699 g/mol. The van der Waals surface area contributed by atoms with E-state index in [1.807, 2.05) is 6.07 Å². The van der Waals surface area contributed by atoms with E-state index >= 15 is 8.78 Å². The maximum absolute atomic E-state index is 15.1. The Morgan fingerprint density at radius 3 is 1.76 bits per heavy atom. The van der Waals surface area contributed by atoms with Gasteiger partial charge in [0.05, 0.1) is 11.1 Å². The minimum Gasteiger partial charge on any atom is -0.390 e. The molecule has 51 heavy (non-hydrogen) atoms. The molecule has 0 saturated carbocycles. The van der Waals surface area contributed by atoms with Crippen molar-refractivity contribution >= 4 is 16.7 Å². The molecule has 4 aromatic rings. The smallest absolute Gasteiger partial charge is 0.200 e. The van der Waals surface area contributed by atoms with Gasteiger partial charge < -0.3 is 5.73 Å². The molecule has 3 aliphatic rings. The maximum Gasteiger partial charge on any atom is 0.200 e. The van der Waals surface area contributed by atoms with Crippen LogP contribution >= 0.6 is 0 Å². The Morgan fingerprint density at radius 1 is 0.608 bits per heavy atom. The molecule has 250 valence electrons. The highest BCUT2D eigenvalue weighted by Gasteiger charge is 2.41. The largest absolute Gasteiger partial charge is 0.390 e. The number of halogens is 9. The molecule has 0 aliphatic heterocycles. The third-order valence-electron chi connectivity index (χ3n) is 9.40. The SMILES string of the molecule is Cc1c(F)c(F)c(-c2ccc3c(c2)C(=C(C#N)C#N)c2cc4c(cc2-3)/C(=C(\N)C#N)C2C=C(c3c(F)c(F)c(F)c(F)c3F)C=CC42)c(F)c1F. The topological polar surface area (TPSA) is 97.4 Å². The van der Waals surface area contributed by atoms with Crippen LogP contribution in [0.15, 0.2) is 59.8 Å². The first-order valence-corrected chi connectivity index (χ1v) is 14.8. The first-order valence-electron chi connectivity index (χ1n) is 14.8. The van der Waals surface area contributed by atoms with Crippen molar-refractivity contribution in [1.82, 2.24) is 0 Å². The fourth-order valence-electron chi connectivity index (χ4n) is 7.07. The van der Waals surface area contributed by atoms with Crippen LogP contribution < -0.4 is 5.73 Å². The van der Waals surface area contributed by atoms with Gasteiger partial charge in [-0.25, -0.2) is 39.5 Å². The molecule has 0 radical (unpaired) electrons. The molecule has 2 N–H and O–H groups in total. The van der Waals surface area contributed by atoms with Gasteiger partial charge >= 0.3 is 0 Å². The number of nitriles is 3. The predicted octanol–water partition coefficient (Wildman–Crippen LogP) is 9.30. The number of nitrogens with two attached hydrogens (primary N) is 1. The summed E-state index contributed by atoms with van der Waals surface area (Å²) >= 11 is 0. The van der Waals surface area contributed by atoms with Gasteiger partial charge in [0.25, 0.3) is 0 Å². The van der Waals surface area contributed by atoms with Crippen molar-refractivity contribution in [3.05, 3.63) is 146 Å². The minimum absolute atomic E-state index is 0.0168. The van der Waals surface area contributed by atoms with Gasteiger partial charge in [0.2, 0.25) is 5.82 Å². The second-order valence-electron chi connectivity index (χ2n) is 11.9. The Kier molecular flexibility index (Phi) is 7.46. The molecule has 13 heteroatoms. The van der Waals surface area contributed by atoms with Crippen LogP contribution in [-0.2, 0) is 0 Å². The second-order valence-corrected chi connectivity index (χ2v) is 11.9. The summed E-state index contributed by atoms with van der Waals surface area (Å²) < 4.78 is 131. The van der Waals surface area contributed by atoms with E-state index in [1.165, 1.54) is 30.4 Å². The highest BCUT2D eigenvalue weighted by molar-refractivity contribution is 6.06. The Hall–Kier alpha value is -6.52. The molecular formula is C38H15F9N4. The number of hydrogen-bond acceptors (Lipinski definition) is 4. The molecule has 3 aliphatic carbocycles. The molecule has 2 atom stereocenters. The van der Waals surface area contributed by atoms with Crippen molar-refractivity contribution in [1.29, 1.82) is 15.8 Å². The summed E-state index contributed by atoms with van der Waals surface area (Å²) in [4.78, 5) is 0. The highest BCUT2D eigenvalue weighted by atomic mass is 19.2. The maximum atomic E-state index is 15.1. The van der Waals surface area contributed by atoms with Crippen LogP contribution in [0.4, 0.5) is 39.5 Å². The summed E-state index contributed by atoms with van der Waals surface area (Å²) in [6.45, 7) is 0.871. The minimum atomic E-state index is -2.33. The van der Waals surface area contributed by atoms with E-state index < -0.39 is 86.5 Å². The van der Waals surface area contributed by atoms with Gasteiger partial charge in [-0.15, -0.1) is 0 Å². The zero-order valence-electron chi connectivity index (χ0n) is 25.6. The predicted molar refractivity (Wildman–Crippen MR) is 165 cm³/mol. The number of allylic oxidation sites excluding steroid dienone is 7. The van der Waals surface area contributed by atoms with Gasteiger partial charge in [0.1, 0.15) is 29.5 Å². The summed E-state index contributed by atoms with van der Waals surface area (Å²) in [5.74, 6) is -18.9. The van der Waals surface area contributed by atoms with Crippen molar-refractivity contribution < 1.29 is 39.5 Å². The van der Waals surface area contributed by atoms with Crippen molar-refractivity contribution in [2.24, 2.45) is 11.7 Å². The van der Waals surface area contributed by atoms with Crippen LogP contribution in [0.2, 0.25) is 0 Å². The van der Waals surface area contributed by atoms with E-state index in [0.29, 0.717) is 22.3 Å². The van der Waals surface area contributed by atoms with Crippen LogP contribution in [0, 0.1) is 99.2 Å². The van der Waals surface area contributed by atoms with E-state index in [-0.39, 0.29) is 39.1 Å². The van der Waals surface area contributed by atoms with Crippen molar-refractivity contribution in [3.63, 3.8) is 0 Å². The molecular weight excluding hydrogens is 683 g/mol. The third kappa shape index (κ3) is 4.46. The lowest BCUT2D eigenvalue weighted by atomic mass is 9.82. The van der Waals surface area contributed by atoms with Gasteiger partial charge in [0, 0.05) is 28.5 Å². The Labute approximate surface area is 282 Å². The van der Waals surface area contributed by atoms with Crippen LogP contribution in [-0.4, -0.2) is 0 Å². The Bertz CT molecular complexity index is 2520. The fourth-order valence-corrected chi connectivity index (χ4v) is 7.07. The quantitative estimate of drug-likeness (QED) is 0.0860. The van der Waals surface area contributed by atoms with Gasteiger partial charge in [-0.05, 0) is 69.6 Å². The first-order chi connectivity index (χ1) is 24.3. The van der Waals surface area contributed by atoms with E-state index in [1.54, 1.807) is 24.3 Å². The third-order valence-corrected chi connectivity index (χ3v) is 9.40. The molecule has 4 nitrogen and oxygen atoms in total. The van der Waals surface area contributed by atoms with Crippen molar-refractivity contribution in [2.75, 3.05) is 0 Å². The highest BCUT2D eigenvalue weighted by Crippen LogP contribution is 2.56. The molecule has 0 heterocycles. The summed E-state index contributed by atoms with van der Waals surface area (Å²) in [5, 5.41) is 29.7. The van der Waals surface area contributed by atoms with Crippen LogP contribution in [0.3, 0.4) is 0 Å². The number of fused-ring (bicyclic) bond motifs is 6. The summed E-state index contributed by atoms with van der Waals surface area (Å²) in [6.07, 6.45) is 3.80. The average Bonchev–Trinajstić information content (AvgIpc) is 3.62. The number of rotatable bonds is 2. The molecule has 0 saturated heterocycles. The van der Waals surface area contributed by atoms with E-state index in [9.17, 15) is 46.5 Å². The number of hydrogen-bond donors (Lipinski definition) is 1. The lowest BCUT2D eigenvalue weighted by Crippen LogP contribution is -2.12. The summed E-state index contributed by atoms with van der Waals surface area (Å²) in [6, 6.07) is 12.3. The van der Waals surface area contributed by atoms with Gasteiger partial charge in [-0.2, -0.15) is 15.8 Å². The van der Waals surface area contributed by atoms with Crippen LogP contribution in [0.25, 0.3) is 39.0 Å². The lowest BCUT2D eigenvalue weighted by Gasteiger charge is -2.22. The lowest BCUT2D eigenvalue weighted by molar-refractivity contribution is 0.376. The second kappa shape index (κ2) is 11.5. The molecule has 0 bridgehead atoms. The Morgan fingerprint density at radius 2 is 1.18 bits per heavy atom. The zero-order valence-corrected chi connectivity index (χ0v) is 25.6. The summed E-state index contributed by atoms with van der Waals surface area (Å²) in [7, 11) is 0. The van der Waals surface area contributed by atoms with Crippen molar-refractivity contribution in [3.8, 4) is 40.5 Å². The van der Waals surface area contributed by atoms with Gasteiger partial charge in [-0.3, -0.25) is 0 Å².